The van der Waals surface area contributed by atoms with Gasteiger partial charge in [0, 0.05) is 0 Å². The minimum atomic E-state index is -0.381. The van der Waals surface area contributed by atoms with E-state index in [1.807, 2.05) is 18.2 Å². The Bertz CT molecular complexity index is 678. The van der Waals surface area contributed by atoms with E-state index in [0.29, 0.717) is 23.8 Å². The van der Waals surface area contributed by atoms with E-state index >= 15 is 0 Å². The molecule has 3 nitrogen and oxygen atoms in total. The van der Waals surface area contributed by atoms with E-state index < -0.39 is 0 Å². The third-order valence-corrected chi connectivity index (χ3v) is 4.30. The van der Waals surface area contributed by atoms with Gasteiger partial charge in [0.25, 0.3) is 0 Å². The maximum atomic E-state index is 12.3. The highest BCUT2D eigenvalue weighted by Crippen LogP contribution is 2.29. The van der Waals surface area contributed by atoms with Crippen LogP contribution in [0.2, 0.25) is 0 Å². The zero-order valence-corrected chi connectivity index (χ0v) is 15.9. The first-order valence-corrected chi connectivity index (χ1v) is 9.05. The Morgan fingerprint density at radius 2 is 1.83 bits per heavy atom. The number of hydrogen-bond donors (Lipinski definition) is 0. The molecule has 0 N–H and O–H groups in total. The molecule has 0 saturated carbocycles. The average molecular weight is 391 g/mol. The fourth-order valence-corrected chi connectivity index (χ4v) is 2.62. The van der Waals surface area contributed by atoms with Crippen LogP contribution in [0.25, 0.3) is 0 Å². The second-order valence-corrected chi connectivity index (χ2v) is 6.81. The molecule has 0 aliphatic carbocycles. The van der Waals surface area contributed by atoms with Crippen LogP contribution >= 0.6 is 15.9 Å². The lowest BCUT2D eigenvalue weighted by Crippen LogP contribution is -2.09. The number of ether oxygens (including phenoxy) is 2. The van der Waals surface area contributed by atoms with E-state index in [4.69, 9.17) is 9.47 Å². The van der Waals surface area contributed by atoms with Crippen LogP contribution < -0.4 is 9.47 Å². The molecule has 128 valence electrons. The quantitative estimate of drug-likeness (QED) is 0.331. The van der Waals surface area contributed by atoms with Gasteiger partial charge < -0.3 is 9.47 Å². The lowest BCUT2D eigenvalue weighted by atomic mass is 10.0. The average Bonchev–Trinajstić information content (AvgIpc) is 2.57. The molecule has 0 unspecified atom stereocenters. The Morgan fingerprint density at radius 1 is 1.12 bits per heavy atom. The fourth-order valence-electron chi connectivity index (χ4n) is 2.14. The first-order valence-electron chi connectivity index (χ1n) is 8.25. The van der Waals surface area contributed by atoms with Crippen LogP contribution in [0.15, 0.2) is 46.9 Å². The van der Waals surface area contributed by atoms with Gasteiger partial charge in [-0.25, -0.2) is 4.79 Å². The molecule has 0 radical (unpaired) electrons. The van der Waals surface area contributed by atoms with Gasteiger partial charge >= 0.3 is 5.97 Å². The summed E-state index contributed by atoms with van der Waals surface area (Å²) in [5.74, 6) is 1.33. The normalized spacial score (nSPS) is 10.7. The van der Waals surface area contributed by atoms with Crippen LogP contribution in [-0.4, -0.2) is 12.6 Å². The Balaban J connectivity index is 2.02. The van der Waals surface area contributed by atoms with Crippen molar-refractivity contribution in [3.63, 3.8) is 0 Å². The summed E-state index contributed by atoms with van der Waals surface area (Å²) in [6.07, 6.45) is 2.11. The number of hydrogen-bond acceptors (Lipinski definition) is 3. The molecule has 0 atom stereocenters. The number of rotatable bonds is 7. The lowest BCUT2D eigenvalue weighted by molar-refractivity contribution is 0.0733. The van der Waals surface area contributed by atoms with Gasteiger partial charge in [0.1, 0.15) is 11.5 Å². The van der Waals surface area contributed by atoms with Crippen molar-refractivity contribution in [3.05, 3.63) is 58.1 Å². The SMILES string of the molecule is CCCCOc1ccc(C(=O)Oc2ccc(C(C)C)cc2Br)cc1. The number of halogens is 1. The third-order valence-electron chi connectivity index (χ3n) is 3.68. The summed E-state index contributed by atoms with van der Waals surface area (Å²) < 4.78 is 11.9. The minimum absolute atomic E-state index is 0.381. The fraction of sp³-hybridized carbons (Fsp3) is 0.350. The predicted molar refractivity (Wildman–Crippen MR) is 100 cm³/mol. The highest BCUT2D eigenvalue weighted by molar-refractivity contribution is 9.10. The highest BCUT2D eigenvalue weighted by atomic mass is 79.9. The molecule has 4 heteroatoms. The first kappa shape index (κ1) is 18.5. The van der Waals surface area contributed by atoms with Crippen LogP contribution in [0.4, 0.5) is 0 Å². The van der Waals surface area contributed by atoms with E-state index in [0.717, 1.165) is 23.1 Å². The van der Waals surface area contributed by atoms with Gasteiger partial charge in [0.05, 0.1) is 16.6 Å². The van der Waals surface area contributed by atoms with Crippen LogP contribution in [0.5, 0.6) is 11.5 Å². The number of carbonyl (C=O) groups excluding carboxylic acids is 1. The molecule has 0 saturated heterocycles. The molecule has 0 aliphatic rings. The van der Waals surface area contributed by atoms with Crippen LogP contribution in [0.3, 0.4) is 0 Å². The molecule has 0 spiro atoms. The summed E-state index contributed by atoms with van der Waals surface area (Å²) in [4.78, 5) is 12.3. The molecular formula is C20H23BrO3. The second kappa shape index (κ2) is 8.88. The van der Waals surface area contributed by atoms with Crippen LogP contribution in [-0.2, 0) is 0 Å². The zero-order valence-electron chi connectivity index (χ0n) is 14.3. The Labute approximate surface area is 152 Å². The van der Waals surface area contributed by atoms with E-state index in [-0.39, 0.29) is 5.97 Å². The van der Waals surface area contributed by atoms with Crippen molar-refractivity contribution >= 4 is 21.9 Å². The molecule has 24 heavy (non-hydrogen) atoms. The monoisotopic (exact) mass is 390 g/mol. The summed E-state index contributed by atoms with van der Waals surface area (Å²) in [6.45, 7) is 7.05. The standard InChI is InChI=1S/C20H23BrO3/c1-4-5-12-23-17-9-6-15(7-10-17)20(22)24-19-11-8-16(14(2)3)13-18(19)21/h6-11,13-14H,4-5,12H2,1-3H3. The number of benzene rings is 2. The Kier molecular flexibility index (Phi) is 6.85. The van der Waals surface area contributed by atoms with Crippen molar-refractivity contribution in [2.75, 3.05) is 6.61 Å². The maximum Gasteiger partial charge on any atom is 0.343 e. The predicted octanol–water partition coefficient (Wildman–Crippen LogP) is 5.97. The van der Waals surface area contributed by atoms with Crippen molar-refractivity contribution in [1.29, 1.82) is 0 Å². The minimum Gasteiger partial charge on any atom is -0.494 e. The van der Waals surface area contributed by atoms with Gasteiger partial charge in [-0.2, -0.15) is 0 Å². The zero-order chi connectivity index (χ0) is 17.5. The lowest BCUT2D eigenvalue weighted by Gasteiger charge is -2.11. The number of esters is 1. The van der Waals surface area contributed by atoms with Crippen molar-refractivity contribution in [2.24, 2.45) is 0 Å². The summed E-state index contributed by atoms with van der Waals surface area (Å²) >= 11 is 3.47. The molecule has 0 fully saturated rings. The summed E-state index contributed by atoms with van der Waals surface area (Å²) in [7, 11) is 0. The van der Waals surface area contributed by atoms with Crippen LogP contribution in [0, 0.1) is 0 Å². The van der Waals surface area contributed by atoms with Gasteiger partial charge in [0.15, 0.2) is 0 Å². The molecule has 0 aliphatic heterocycles. The first-order chi connectivity index (χ1) is 11.5. The van der Waals surface area contributed by atoms with Gasteiger partial charge in [0.2, 0.25) is 0 Å². The van der Waals surface area contributed by atoms with Gasteiger partial charge in [-0.05, 0) is 70.2 Å². The molecule has 2 aromatic carbocycles. The highest BCUT2D eigenvalue weighted by Gasteiger charge is 2.12. The molecule has 0 heterocycles. The largest absolute Gasteiger partial charge is 0.494 e. The van der Waals surface area contributed by atoms with Gasteiger partial charge in [-0.1, -0.05) is 33.3 Å². The Morgan fingerprint density at radius 3 is 2.42 bits per heavy atom. The van der Waals surface area contributed by atoms with Crippen LogP contribution in [0.1, 0.15) is 55.5 Å². The molecule has 0 aromatic heterocycles. The maximum absolute atomic E-state index is 12.3. The molecular weight excluding hydrogens is 368 g/mol. The second-order valence-electron chi connectivity index (χ2n) is 5.96. The van der Waals surface area contributed by atoms with Gasteiger partial charge in [-0.15, -0.1) is 0 Å². The Hall–Kier alpha value is -1.81. The summed E-state index contributed by atoms with van der Waals surface area (Å²) in [6, 6.07) is 12.8. The van der Waals surface area contributed by atoms with Gasteiger partial charge in [-0.3, -0.25) is 0 Å². The van der Waals surface area contributed by atoms with E-state index in [9.17, 15) is 4.79 Å². The molecule has 2 aromatic rings. The van der Waals surface area contributed by atoms with E-state index in [2.05, 4.69) is 36.7 Å². The summed E-state index contributed by atoms with van der Waals surface area (Å²) in [5.41, 5.74) is 1.69. The molecule has 2 rings (SSSR count). The smallest absolute Gasteiger partial charge is 0.343 e. The summed E-state index contributed by atoms with van der Waals surface area (Å²) in [5, 5.41) is 0. The van der Waals surface area contributed by atoms with E-state index in [1.165, 1.54) is 5.56 Å². The third kappa shape index (κ3) is 5.10. The van der Waals surface area contributed by atoms with Crippen molar-refractivity contribution < 1.29 is 14.3 Å². The van der Waals surface area contributed by atoms with Crippen molar-refractivity contribution in [2.45, 2.75) is 39.5 Å². The van der Waals surface area contributed by atoms with Crippen molar-refractivity contribution in [1.82, 2.24) is 0 Å². The topological polar surface area (TPSA) is 35.5 Å². The number of carbonyl (C=O) groups is 1. The molecule has 0 amide bonds. The molecule has 0 bridgehead atoms. The van der Waals surface area contributed by atoms with E-state index in [1.54, 1.807) is 24.3 Å². The number of unbranched alkanes of at least 4 members (excludes halogenated alkanes) is 1. The van der Waals surface area contributed by atoms with Crippen molar-refractivity contribution in [3.8, 4) is 11.5 Å².